The second-order valence-electron chi connectivity index (χ2n) is 3.58. The van der Waals surface area contributed by atoms with Crippen LogP contribution in [-0.2, 0) is 0 Å². The van der Waals surface area contributed by atoms with Crippen LogP contribution in [0, 0.1) is 0 Å². The molecule has 0 spiro atoms. The first kappa shape index (κ1) is 10.0. The van der Waals surface area contributed by atoms with Crippen molar-refractivity contribution in [3.8, 4) is 0 Å². The topological polar surface area (TPSA) is 73.3 Å². The van der Waals surface area contributed by atoms with Crippen LogP contribution in [-0.4, -0.2) is 14.6 Å². The van der Waals surface area contributed by atoms with E-state index in [1.165, 1.54) is 6.20 Å². The van der Waals surface area contributed by atoms with Crippen LogP contribution < -0.4 is 11.3 Å². The van der Waals surface area contributed by atoms with Gasteiger partial charge in [0.05, 0.1) is 22.8 Å². The molecule has 2 N–H and O–H groups in total. The third kappa shape index (κ3) is 1.36. The first-order valence-electron chi connectivity index (χ1n) is 4.90. The molecule has 0 aliphatic carbocycles. The predicted molar refractivity (Wildman–Crippen MR) is 66.2 cm³/mol. The monoisotopic (exact) mass is 246 g/mol. The molecule has 0 amide bonds. The number of fused-ring (bicyclic) bond motifs is 2. The van der Waals surface area contributed by atoms with Crippen molar-refractivity contribution in [1.29, 1.82) is 0 Å². The Balaban J connectivity index is 2.64. The lowest BCUT2D eigenvalue weighted by molar-refractivity contribution is 0.883. The quantitative estimate of drug-likeness (QED) is 0.610. The molecule has 0 saturated heterocycles. The largest absolute Gasteiger partial charge is 0.396 e. The lowest BCUT2D eigenvalue weighted by Gasteiger charge is -2.04. The number of nitrogens with two attached hydrogens (primary N) is 1. The van der Waals surface area contributed by atoms with E-state index < -0.39 is 0 Å². The van der Waals surface area contributed by atoms with E-state index in [1.807, 2.05) is 0 Å². The lowest BCUT2D eigenvalue weighted by Crippen LogP contribution is -2.18. The van der Waals surface area contributed by atoms with E-state index in [0.717, 1.165) is 4.52 Å². The minimum atomic E-state index is -0.257. The summed E-state index contributed by atoms with van der Waals surface area (Å²) in [6, 6.07) is 7.02. The molecule has 17 heavy (non-hydrogen) atoms. The summed E-state index contributed by atoms with van der Waals surface area (Å²) >= 11 is 6.01. The normalized spacial score (nSPS) is 11.1. The highest BCUT2D eigenvalue weighted by Crippen LogP contribution is 2.21. The molecule has 0 bridgehead atoms. The summed E-state index contributed by atoms with van der Waals surface area (Å²) in [4.78, 5) is 16.4. The van der Waals surface area contributed by atoms with E-state index >= 15 is 0 Å². The van der Waals surface area contributed by atoms with Gasteiger partial charge in [0.1, 0.15) is 5.02 Å². The number of nitrogens with zero attached hydrogens (tertiary/aromatic N) is 3. The van der Waals surface area contributed by atoms with Crippen LogP contribution >= 0.6 is 11.6 Å². The Morgan fingerprint density at radius 3 is 2.88 bits per heavy atom. The van der Waals surface area contributed by atoms with E-state index in [4.69, 9.17) is 17.3 Å². The molecule has 0 atom stereocenters. The molecule has 0 aliphatic rings. The Hall–Kier alpha value is -2.14. The van der Waals surface area contributed by atoms with Gasteiger partial charge in [-0.3, -0.25) is 4.79 Å². The molecule has 84 valence electrons. The number of hydrogen-bond acceptors (Lipinski definition) is 4. The van der Waals surface area contributed by atoms with E-state index in [-0.39, 0.29) is 16.2 Å². The van der Waals surface area contributed by atoms with Crippen molar-refractivity contribution < 1.29 is 0 Å². The number of benzene rings is 1. The summed E-state index contributed by atoms with van der Waals surface area (Å²) < 4.78 is 1.15. The highest BCUT2D eigenvalue weighted by molar-refractivity contribution is 6.35. The maximum absolute atomic E-state index is 12.1. The zero-order valence-electron chi connectivity index (χ0n) is 8.59. The van der Waals surface area contributed by atoms with Gasteiger partial charge in [-0.1, -0.05) is 23.7 Å². The predicted octanol–water partition coefficient (Wildman–Crippen LogP) is 1.48. The van der Waals surface area contributed by atoms with Gasteiger partial charge in [0.25, 0.3) is 5.56 Å². The molecular formula is C11H7ClN4O. The van der Waals surface area contributed by atoms with Crippen molar-refractivity contribution in [1.82, 2.24) is 14.6 Å². The van der Waals surface area contributed by atoms with Crippen molar-refractivity contribution in [2.24, 2.45) is 0 Å². The Morgan fingerprint density at radius 1 is 1.29 bits per heavy atom. The summed E-state index contributed by atoms with van der Waals surface area (Å²) in [7, 11) is 0. The lowest BCUT2D eigenvalue weighted by atomic mass is 10.2. The van der Waals surface area contributed by atoms with Gasteiger partial charge >= 0.3 is 0 Å². The fraction of sp³-hybridized carbons (Fsp3) is 0. The van der Waals surface area contributed by atoms with E-state index in [2.05, 4.69) is 10.1 Å². The van der Waals surface area contributed by atoms with Crippen LogP contribution in [0.2, 0.25) is 5.02 Å². The first-order valence-corrected chi connectivity index (χ1v) is 5.28. The van der Waals surface area contributed by atoms with Gasteiger partial charge < -0.3 is 5.73 Å². The number of aromatic nitrogens is 3. The maximum atomic E-state index is 12.1. The van der Waals surface area contributed by atoms with Crippen LogP contribution in [0.1, 0.15) is 0 Å². The average molecular weight is 247 g/mol. The molecule has 0 radical (unpaired) electrons. The van der Waals surface area contributed by atoms with Gasteiger partial charge in [0.2, 0.25) is 0 Å². The Bertz CT molecular complexity index is 796. The van der Waals surface area contributed by atoms with E-state index in [1.54, 1.807) is 24.3 Å². The summed E-state index contributed by atoms with van der Waals surface area (Å²) in [5, 5.41) is 4.66. The zero-order chi connectivity index (χ0) is 12.0. The van der Waals surface area contributed by atoms with Crippen molar-refractivity contribution in [3.05, 3.63) is 45.8 Å². The SMILES string of the molecule is Nc1cnn2c(=O)c3ccccc3nc2c1Cl. The minimum absolute atomic E-state index is 0.239. The Morgan fingerprint density at radius 2 is 2.06 bits per heavy atom. The number of nitrogen functional groups attached to an aromatic ring is 1. The standard InChI is InChI=1S/C11H7ClN4O/c12-9-7(13)5-14-16-10(9)15-8-4-2-1-3-6(8)11(16)17/h1-5H,13H2. The second kappa shape index (κ2) is 3.43. The van der Waals surface area contributed by atoms with Crippen LogP contribution in [0.15, 0.2) is 35.3 Å². The number of hydrogen-bond donors (Lipinski definition) is 1. The second-order valence-corrected chi connectivity index (χ2v) is 3.96. The maximum Gasteiger partial charge on any atom is 0.282 e. The number of anilines is 1. The van der Waals surface area contributed by atoms with E-state index in [9.17, 15) is 4.79 Å². The number of para-hydroxylation sites is 1. The van der Waals surface area contributed by atoms with Gasteiger partial charge in [-0.2, -0.15) is 9.61 Å². The average Bonchev–Trinajstić information content (AvgIpc) is 2.35. The highest BCUT2D eigenvalue weighted by Gasteiger charge is 2.10. The molecule has 1 aromatic carbocycles. The van der Waals surface area contributed by atoms with Gasteiger partial charge in [0.15, 0.2) is 5.65 Å². The zero-order valence-corrected chi connectivity index (χ0v) is 9.35. The van der Waals surface area contributed by atoms with Crippen molar-refractivity contribution in [2.75, 3.05) is 5.73 Å². The third-order valence-corrected chi connectivity index (χ3v) is 2.90. The fourth-order valence-electron chi connectivity index (χ4n) is 1.68. The van der Waals surface area contributed by atoms with Crippen LogP contribution in [0.5, 0.6) is 0 Å². The first-order chi connectivity index (χ1) is 8.18. The van der Waals surface area contributed by atoms with Gasteiger partial charge in [-0.15, -0.1) is 0 Å². The van der Waals surface area contributed by atoms with Crippen molar-refractivity contribution in [3.63, 3.8) is 0 Å². The van der Waals surface area contributed by atoms with Crippen molar-refractivity contribution >= 4 is 33.8 Å². The third-order valence-electron chi connectivity index (χ3n) is 2.52. The van der Waals surface area contributed by atoms with Crippen LogP contribution in [0.4, 0.5) is 5.69 Å². The number of rotatable bonds is 0. The van der Waals surface area contributed by atoms with Crippen molar-refractivity contribution in [2.45, 2.75) is 0 Å². The summed E-state index contributed by atoms with van der Waals surface area (Å²) in [5.41, 5.74) is 6.52. The van der Waals surface area contributed by atoms with Gasteiger partial charge in [-0.05, 0) is 12.1 Å². The highest BCUT2D eigenvalue weighted by atomic mass is 35.5. The molecule has 3 aromatic rings. The smallest absolute Gasteiger partial charge is 0.282 e. The van der Waals surface area contributed by atoms with Gasteiger partial charge in [0, 0.05) is 0 Å². The van der Waals surface area contributed by atoms with Crippen LogP contribution in [0.25, 0.3) is 16.6 Å². The van der Waals surface area contributed by atoms with Crippen LogP contribution in [0.3, 0.4) is 0 Å². The molecular weight excluding hydrogens is 240 g/mol. The molecule has 2 aromatic heterocycles. The summed E-state index contributed by atoms with van der Waals surface area (Å²) in [6.45, 7) is 0. The Labute approximate surface area is 100 Å². The number of halogens is 1. The molecule has 0 fully saturated rings. The molecule has 5 nitrogen and oxygen atoms in total. The molecule has 2 heterocycles. The van der Waals surface area contributed by atoms with Gasteiger partial charge in [-0.25, -0.2) is 4.98 Å². The van der Waals surface area contributed by atoms with E-state index in [0.29, 0.717) is 16.6 Å². The molecule has 0 aliphatic heterocycles. The molecule has 0 unspecified atom stereocenters. The molecule has 3 rings (SSSR count). The minimum Gasteiger partial charge on any atom is -0.396 e. The molecule has 0 saturated carbocycles. The molecule has 6 heteroatoms. The fourth-order valence-corrected chi connectivity index (χ4v) is 1.85. The summed E-state index contributed by atoms with van der Waals surface area (Å²) in [6.07, 6.45) is 1.34. The Kier molecular flexibility index (Phi) is 2.02. The summed E-state index contributed by atoms with van der Waals surface area (Å²) in [5.74, 6) is 0.